The summed E-state index contributed by atoms with van der Waals surface area (Å²) in [6.07, 6.45) is 0.329. The summed E-state index contributed by atoms with van der Waals surface area (Å²) in [6.45, 7) is 17.1. The van der Waals surface area contributed by atoms with E-state index in [0.29, 0.717) is 13.2 Å². The molecule has 0 aliphatic rings. The first-order valence-electron chi connectivity index (χ1n) is 9.38. The van der Waals surface area contributed by atoms with Crippen molar-refractivity contribution in [3.8, 4) is 0 Å². The Kier molecular flexibility index (Phi) is 7.43. The molecule has 146 valence electrons. The van der Waals surface area contributed by atoms with Crippen LogP contribution in [0.25, 0.3) is 0 Å². The lowest BCUT2D eigenvalue weighted by Crippen LogP contribution is -2.23. The molecule has 0 aromatic heterocycles. The summed E-state index contributed by atoms with van der Waals surface area (Å²) in [6, 6.07) is 4.21. The van der Waals surface area contributed by atoms with Crippen LogP contribution in [0.5, 0.6) is 0 Å². The normalized spacial score (nSPS) is 12.0. The number of carbonyl (C=O) groups is 2. The molecule has 0 heterocycles. The average Bonchev–Trinajstić information content (AvgIpc) is 2.46. The highest BCUT2D eigenvalue weighted by Crippen LogP contribution is 2.34. The third-order valence-electron chi connectivity index (χ3n) is 4.28. The third kappa shape index (κ3) is 6.15. The molecule has 0 radical (unpaired) electrons. The quantitative estimate of drug-likeness (QED) is 0.700. The van der Waals surface area contributed by atoms with Crippen LogP contribution in [0.4, 0.5) is 0 Å². The van der Waals surface area contributed by atoms with Gasteiger partial charge in [-0.05, 0) is 46.9 Å². The van der Waals surface area contributed by atoms with Gasteiger partial charge in [-0.15, -0.1) is 0 Å². The molecule has 1 aromatic rings. The second kappa shape index (κ2) is 8.70. The summed E-state index contributed by atoms with van der Waals surface area (Å²) in [5.74, 6) is -0.546. The van der Waals surface area contributed by atoms with Crippen molar-refractivity contribution in [3.63, 3.8) is 0 Å². The molecule has 4 heteroatoms. The number of ether oxygens (including phenoxy) is 2. The van der Waals surface area contributed by atoms with E-state index in [9.17, 15) is 9.59 Å². The predicted octanol–water partition coefficient (Wildman–Crippen LogP) is 4.49. The Morgan fingerprint density at radius 1 is 0.808 bits per heavy atom. The van der Waals surface area contributed by atoms with Crippen LogP contribution in [0.1, 0.15) is 77.6 Å². The molecule has 0 spiro atoms. The maximum absolute atomic E-state index is 12.2. The van der Waals surface area contributed by atoms with Gasteiger partial charge >= 0.3 is 11.9 Å². The summed E-state index contributed by atoms with van der Waals surface area (Å²) in [5, 5.41) is 0. The molecule has 0 bridgehead atoms. The van der Waals surface area contributed by atoms with E-state index >= 15 is 0 Å². The molecule has 0 saturated heterocycles. The lowest BCUT2D eigenvalue weighted by Gasteiger charge is -2.29. The smallest absolute Gasteiger partial charge is 0.310 e. The van der Waals surface area contributed by atoms with Crippen molar-refractivity contribution >= 4 is 11.9 Å². The van der Waals surface area contributed by atoms with Crippen molar-refractivity contribution in [2.24, 2.45) is 0 Å². The Hall–Kier alpha value is -1.84. The topological polar surface area (TPSA) is 52.6 Å². The molecule has 26 heavy (non-hydrogen) atoms. The minimum absolute atomic E-state index is 0.0636. The molecular weight excluding hydrogens is 328 g/mol. The largest absolute Gasteiger partial charge is 0.466 e. The van der Waals surface area contributed by atoms with Crippen molar-refractivity contribution in [2.45, 2.75) is 79.1 Å². The molecule has 0 unspecified atom stereocenters. The van der Waals surface area contributed by atoms with E-state index in [1.165, 1.54) is 0 Å². The molecule has 0 aliphatic heterocycles. The van der Waals surface area contributed by atoms with E-state index in [-0.39, 0.29) is 35.6 Å². The summed E-state index contributed by atoms with van der Waals surface area (Å²) < 4.78 is 10.3. The van der Waals surface area contributed by atoms with Crippen LogP contribution in [0.15, 0.2) is 12.1 Å². The van der Waals surface area contributed by atoms with Gasteiger partial charge in [-0.25, -0.2) is 0 Å². The lowest BCUT2D eigenvalue weighted by molar-refractivity contribution is -0.143. The minimum atomic E-state index is -0.275. The molecule has 1 aromatic carbocycles. The SMILES string of the molecule is CCOC(=O)Cc1cc(C(C)(C)C)cc(C(C)(C)C)c1CC(=O)OCC. The van der Waals surface area contributed by atoms with Crippen molar-refractivity contribution in [1.82, 2.24) is 0 Å². The van der Waals surface area contributed by atoms with E-state index in [1.54, 1.807) is 13.8 Å². The Morgan fingerprint density at radius 2 is 1.31 bits per heavy atom. The van der Waals surface area contributed by atoms with Gasteiger partial charge in [-0.2, -0.15) is 0 Å². The second-order valence-electron chi connectivity index (χ2n) is 8.63. The highest BCUT2D eigenvalue weighted by molar-refractivity contribution is 5.77. The number of hydrogen-bond acceptors (Lipinski definition) is 4. The van der Waals surface area contributed by atoms with Crippen molar-refractivity contribution in [2.75, 3.05) is 13.2 Å². The standard InChI is InChI=1S/C22H34O4/c1-9-25-19(23)12-15-11-16(21(3,4)5)13-18(22(6,7)8)17(15)14-20(24)26-10-2/h11,13H,9-10,12,14H2,1-8H3. The molecule has 0 fully saturated rings. The first kappa shape index (κ1) is 22.2. The maximum atomic E-state index is 12.2. The molecule has 0 atom stereocenters. The summed E-state index contributed by atoms with van der Waals surface area (Å²) >= 11 is 0. The maximum Gasteiger partial charge on any atom is 0.310 e. The van der Waals surface area contributed by atoms with Gasteiger partial charge in [0.15, 0.2) is 0 Å². The van der Waals surface area contributed by atoms with Crippen LogP contribution in [0, 0.1) is 0 Å². The predicted molar refractivity (Wildman–Crippen MR) is 105 cm³/mol. The highest BCUT2D eigenvalue weighted by atomic mass is 16.5. The highest BCUT2D eigenvalue weighted by Gasteiger charge is 2.27. The van der Waals surface area contributed by atoms with Gasteiger partial charge < -0.3 is 9.47 Å². The number of esters is 2. The van der Waals surface area contributed by atoms with E-state index in [0.717, 1.165) is 22.3 Å². The molecule has 1 rings (SSSR count). The van der Waals surface area contributed by atoms with Gasteiger partial charge in [0.1, 0.15) is 0 Å². The number of rotatable bonds is 6. The Labute approximate surface area is 158 Å². The van der Waals surface area contributed by atoms with E-state index in [4.69, 9.17) is 9.47 Å². The van der Waals surface area contributed by atoms with Crippen LogP contribution in [0.2, 0.25) is 0 Å². The number of benzene rings is 1. The zero-order valence-electron chi connectivity index (χ0n) is 17.6. The molecule has 0 aliphatic carbocycles. The minimum Gasteiger partial charge on any atom is -0.466 e. The van der Waals surface area contributed by atoms with E-state index in [2.05, 4.69) is 47.6 Å². The van der Waals surface area contributed by atoms with Gasteiger partial charge in [0.2, 0.25) is 0 Å². The van der Waals surface area contributed by atoms with Gasteiger partial charge in [0, 0.05) is 0 Å². The summed E-state index contributed by atoms with van der Waals surface area (Å²) in [4.78, 5) is 24.4. The van der Waals surface area contributed by atoms with Crippen molar-refractivity contribution in [1.29, 1.82) is 0 Å². The zero-order chi connectivity index (χ0) is 20.1. The molecule has 0 amide bonds. The third-order valence-corrected chi connectivity index (χ3v) is 4.28. The van der Waals surface area contributed by atoms with Gasteiger partial charge in [-0.1, -0.05) is 53.7 Å². The van der Waals surface area contributed by atoms with E-state index < -0.39 is 0 Å². The van der Waals surface area contributed by atoms with Crippen LogP contribution in [-0.4, -0.2) is 25.2 Å². The fraction of sp³-hybridized carbons (Fsp3) is 0.636. The molecule has 0 saturated carbocycles. The van der Waals surface area contributed by atoms with Crippen molar-refractivity contribution in [3.05, 3.63) is 34.4 Å². The number of carbonyl (C=O) groups excluding carboxylic acids is 2. The second-order valence-corrected chi connectivity index (χ2v) is 8.63. The fourth-order valence-corrected chi connectivity index (χ4v) is 2.92. The first-order valence-corrected chi connectivity index (χ1v) is 9.38. The van der Waals surface area contributed by atoms with Gasteiger partial charge in [0.25, 0.3) is 0 Å². The Balaban J connectivity index is 3.57. The van der Waals surface area contributed by atoms with Crippen LogP contribution in [0.3, 0.4) is 0 Å². The van der Waals surface area contributed by atoms with Gasteiger partial charge in [-0.3, -0.25) is 9.59 Å². The van der Waals surface area contributed by atoms with Crippen LogP contribution < -0.4 is 0 Å². The molecule has 0 N–H and O–H groups in total. The van der Waals surface area contributed by atoms with Crippen LogP contribution >= 0.6 is 0 Å². The number of hydrogen-bond donors (Lipinski definition) is 0. The first-order chi connectivity index (χ1) is 11.9. The van der Waals surface area contributed by atoms with Crippen LogP contribution in [-0.2, 0) is 42.7 Å². The lowest BCUT2D eigenvalue weighted by atomic mass is 9.75. The molecular formula is C22H34O4. The Morgan fingerprint density at radius 3 is 1.73 bits per heavy atom. The Bertz CT molecular complexity index is 645. The zero-order valence-corrected chi connectivity index (χ0v) is 17.6. The summed E-state index contributed by atoms with van der Waals surface area (Å²) in [5.41, 5.74) is 3.75. The molecule has 4 nitrogen and oxygen atoms in total. The summed E-state index contributed by atoms with van der Waals surface area (Å²) in [7, 11) is 0. The van der Waals surface area contributed by atoms with Gasteiger partial charge in [0.05, 0.1) is 26.1 Å². The fourth-order valence-electron chi connectivity index (χ4n) is 2.92. The van der Waals surface area contributed by atoms with Crippen molar-refractivity contribution < 1.29 is 19.1 Å². The average molecular weight is 363 g/mol. The van der Waals surface area contributed by atoms with E-state index in [1.807, 2.05) is 6.07 Å². The monoisotopic (exact) mass is 362 g/mol.